The molecule has 0 spiro atoms. The fraction of sp³-hybridized carbons (Fsp3) is 0.282. The van der Waals surface area contributed by atoms with Crippen molar-refractivity contribution >= 4 is 11.6 Å². The predicted octanol–water partition coefficient (Wildman–Crippen LogP) is 6.44. The lowest BCUT2D eigenvalue weighted by Crippen LogP contribution is -2.62. The lowest BCUT2D eigenvalue weighted by atomic mass is 9.91. The second-order valence-electron chi connectivity index (χ2n) is 11.2. The maximum absolute atomic E-state index is 13.7. The molecule has 0 unspecified atom stereocenters. The first-order chi connectivity index (χ1) is 22.6. The van der Waals surface area contributed by atoms with E-state index >= 15 is 0 Å². The summed E-state index contributed by atoms with van der Waals surface area (Å²) in [5.41, 5.74) is 3.90. The molecule has 0 aliphatic carbocycles. The van der Waals surface area contributed by atoms with Crippen molar-refractivity contribution in [2.24, 2.45) is 0 Å². The number of carbonyl (C=O) groups is 2. The number of rotatable bonds is 16. The summed E-state index contributed by atoms with van der Waals surface area (Å²) in [6.07, 6.45) is -1.45. The van der Waals surface area contributed by atoms with Crippen LogP contribution in [0.5, 0.6) is 0 Å². The Bertz CT molecular complexity index is 1510. The fourth-order valence-electron chi connectivity index (χ4n) is 5.31. The third-order valence-electron chi connectivity index (χ3n) is 7.65. The molecular weight excluding hydrogens is 580 g/mol. The van der Waals surface area contributed by atoms with Gasteiger partial charge < -0.3 is 23.7 Å². The van der Waals surface area contributed by atoms with Crippen LogP contribution in [0.25, 0.3) is 0 Å². The minimum Gasteiger partial charge on any atom is -0.374 e. The topological polar surface area (TPSA) is 80.3 Å². The normalized spacial score (nSPS) is 21.3. The van der Waals surface area contributed by atoms with E-state index in [1.807, 2.05) is 121 Å². The van der Waals surface area contributed by atoms with Gasteiger partial charge in [0.15, 0.2) is 11.6 Å². The molecule has 0 saturated carbocycles. The van der Waals surface area contributed by atoms with Crippen molar-refractivity contribution in [1.82, 2.24) is 0 Å². The van der Waals surface area contributed by atoms with Gasteiger partial charge in [0.05, 0.1) is 33.0 Å². The molecule has 1 aliphatic rings. The zero-order valence-electron chi connectivity index (χ0n) is 26.0. The highest BCUT2D eigenvalue weighted by Gasteiger charge is 2.50. The second-order valence-corrected chi connectivity index (χ2v) is 11.2. The number of benzene rings is 4. The maximum Gasteiger partial charge on any atom is 0.187 e. The first-order valence-electron chi connectivity index (χ1n) is 15.5. The number of ketones is 2. The van der Waals surface area contributed by atoms with Crippen molar-refractivity contribution in [2.75, 3.05) is 6.61 Å². The molecule has 1 aliphatic heterocycles. The Balaban J connectivity index is 1.47. The molecule has 0 bridgehead atoms. The monoisotopic (exact) mass is 620 g/mol. The molecule has 1 heterocycles. The number of hydrogen-bond acceptors (Lipinski definition) is 7. The van der Waals surface area contributed by atoms with Crippen LogP contribution in [0.15, 0.2) is 133 Å². The number of hydrogen-bond donors (Lipinski definition) is 0. The quantitative estimate of drug-likeness (QED) is 0.133. The summed E-state index contributed by atoms with van der Waals surface area (Å²) in [6.45, 7) is 2.69. The summed E-state index contributed by atoms with van der Waals surface area (Å²) < 4.78 is 32.4. The molecule has 0 amide bonds. The van der Waals surface area contributed by atoms with E-state index in [2.05, 4.69) is 0 Å². The Labute approximate surface area is 270 Å². The summed E-state index contributed by atoms with van der Waals surface area (Å²) in [6, 6.07) is 39.3. The van der Waals surface area contributed by atoms with Crippen molar-refractivity contribution in [3.63, 3.8) is 0 Å². The summed E-state index contributed by atoms with van der Waals surface area (Å²) in [5, 5.41) is 0. The van der Waals surface area contributed by atoms with E-state index in [1.165, 1.54) is 19.1 Å². The van der Waals surface area contributed by atoms with Crippen LogP contribution in [-0.4, -0.2) is 48.7 Å². The van der Waals surface area contributed by atoms with Crippen LogP contribution in [0.2, 0.25) is 0 Å². The van der Waals surface area contributed by atoms with Crippen molar-refractivity contribution in [1.29, 1.82) is 0 Å². The second kappa shape index (κ2) is 17.5. The first-order valence-corrected chi connectivity index (χ1v) is 15.5. The molecule has 1 fully saturated rings. The van der Waals surface area contributed by atoms with Crippen molar-refractivity contribution in [3.8, 4) is 0 Å². The summed E-state index contributed by atoms with van der Waals surface area (Å²) >= 11 is 0. The van der Waals surface area contributed by atoms with Gasteiger partial charge in [-0.2, -0.15) is 0 Å². The van der Waals surface area contributed by atoms with Gasteiger partial charge in [0.2, 0.25) is 0 Å². The van der Waals surface area contributed by atoms with E-state index in [1.54, 1.807) is 0 Å². The molecule has 0 N–H and O–H groups in total. The molecule has 5 rings (SSSR count). The smallest absolute Gasteiger partial charge is 0.187 e. The molecule has 1 saturated heterocycles. The summed E-state index contributed by atoms with van der Waals surface area (Å²) in [4.78, 5) is 25.5. The number of allylic oxidation sites excluding steroid dienone is 1. The van der Waals surface area contributed by atoms with Gasteiger partial charge in [-0.05, 0) is 41.3 Å². The van der Waals surface area contributed by atoms with E-state index in [-0.39, 0.29) is 25.6 Å². The van der Waals surface area contributed by atoms with Crippen molar-refractivity contribution in [3.05, 3.63) is 156 Å². The molecule has 0 aromatic heterocycles. The molecule has 7 heteroatoms. The zero-order valence-corrected chi connectivity index (χ0v) is 26.0. The molecule has 4 aromatic carbocycles. The average Bonchev–Trinajstić information content (AvgIpc) is 3.10. The predicted molar refractivity (Wildman–Crippen MR) is 175 cm³/mol. The van der Waals surface area contributed by atoms with Crippen LogP contribution in [0.4, 0.5) is 0 Å². The Kier molecular flexibility index (Phi) is 12.6. The Morgan fingerprint density at radius 3 is 1.43 bits per heavy atom. The van der Waals surface area contributed by atoms with Crippen LogP contribution in [0.3, 0.4) is 0 Å². The average molecular weight is 621 g/mol. The van der Waals surface area contributed by atoms with E-state index in [0.717, 1.165) is 22.3 Å². The highest BCUT2D eigenvalue weighted by molar-refractivity contribution is 6.00. The van der Waals surface area contributed by atoms with Gasteiger partial charge in [-0.1, -0.05) is 121 Å². The van der Waals surface area contributed by atoms with Crippen molar-refractivity contribution < 1.29 is 33.3 Å². The lowest BCUT2D eigenvalue weighted by Gasteiger charge is -2.45. The van der Waals surface area contributed by atoms with Gasteiger partial charge in [0.1, 0.15) is 30.5 Å². The van der Waals surface area contributed by atoms with E-state index in [4.69, 9.17) is 23.7 Å². The standard InChI is InChI=1S/C39H40O7/c1-29(40)22-23-34(41)36-38(44-26-32-18-10-4-11-19-32)39(45-27-33-20-12-5-13-21-33)37(43-25-31-16-8-3-9-17-31)35(46-36)28-42-24-30-14-6-2-7-15-30/h2-23,35-39H,24-28H2,1H3/b23-22+/t35-,36+,37-,38+,39+/m1/s1. The molecular formula is C39H40O7. The van der Waals surface area contributed by atoms with Gasteiger partial charge in [0.25, 0.3) is 0 Å². The number of ether oxygens (including phenoxy) is 5. The Morgan fingerprint density at radius 1 is 0.565 bits per heavy atom. The van der Waals surface area contributed by atoms with Crippen molar-refractivity contribution in [2.45, 2.75) is 63.9 Å². The van der Waals surface area contributed by atoms with E-state index in [9.17, 15) is 9.59 Å². The minimum atomic E-state index is -1.07. The highest BCUT2D eigenvalue weighted by atomic mass is 16.6. The van der Waals surface area contributed by atoms with Gasteiger partial charge in [-0.25, -0.2) is 0 Å². The SMILES string of the molecule is CC(=O)/C=C/C(=O)[C@@H]1O[C@H](COCc2ccccc2)[C@@H](OCc2ccccc2)[C@H](OCc2ccccc2)[C@H]1OCc1ccccc1. The fourth-order valence-corrected chi connectivity index (χ4v) is 5.31. The van der Waals surface area contributed by atoms with Gasteiger partial charge in [-0.15, -0.1) is 0 Å². The molecule has 7 nitrogen and oxygen atoms in total. The van der Waals surface area contributed by atoms with E-state index < -0.39 is 36.3 Å². The molecule has 5 atom stereocenters. The first kappa shape index (κ1) is 33.1. The van der Waals surface area contributed by atoms with Crippen LogP contribution in [0, 0.1) is 0 Å². The van der Waals surface area contributed by atoms with Gasteiger partial charge >= 0.3 is 0 Å². The third kappa shape index (κ3) is 9.88. The lowest BCUT2D eigenvalue weighted by molar-refractivity contribution is -0.266. The van der Waals surface area contributed by atoms with Crippen LogP contribution < -0.4 is 0 Å². The highest BCUT2D eigenvalue weighted by Crippen LogP contribution is 2.32. The maximum atomic E-state index is 13.7. The largest absolute Gasteiger partial charge is 0.374 e. The molecule has 0 radical (unpaired) electrons. The van der Waals surface area contributed by atoms with Crippen LogP contribution >= 0.6 is 0 Å². The van der Waals surface area contributed by atoms with E-state index in [0.29, 0.717) is 13.2 Å². The molecule has 238 valence electrons. The number of carbonyl (C=O) groups excluding carboxylic acids is 2. The molecule has 4 aromatic rings. The zero-order chi connectivity index (χ0) is 32.0. The molecule has 46 heavy (non-hydrogen) atoms. The van der Waals surface area contributed by atoms with Crippen LogP contribution in [0.1, 0.15) is 29.2 Å². The third-order valence-corrected chi connectivity index (χ3v) is 7.65. The van der Waals surface area contributed by atoms with Crippen LogP contribution in [-0.2, 0) is 59.7 Å². The summed E-state index contributed by atoms with van der Waals surface area (Å²) in [5.74, 6) is -0.634. The minimum absolute atomic E-state index is 0.144. The Hall–Kier alpha value is -4.24. The van der Waals surface area contributed by atoms with Gasteiger partial charge in [0, 0.05) is 0 Å². The van der Waals surface area contributed by atoms with Gasteiger partial charge in [-0.3, -0.25) is 9.59 Å². The summed E-state index contributed by atoms with van der Waals surface area (Å²) in [7, 11) is 0. The Morgan fingerprint density at radius 2 is 0.978 bits per heavy atom.